The number of hydrogen-bond donors (Lipinski definition) is 0. The molecule has 1 rings (SSSR count). The first-order chi connectivity index (χ1) is 10.3. The minimum absolute atomic E-state index is 0.993. The van der Waals surface area contributed by atoms with Crippen molar-refractivity contribution in [2.75, 3.05) is 0 Å². The molecule has 0 spiro atoms. The van der Waals surface area contributed by atoms with E-state index in [0.717, 1.165) is 12.8 Å². The maximum absolute atomic E-state index is 3.93. The molecule has 0 bridgehead atoms. The second-order valence-corrected chi connectivity index (χ2v) is 4.16. The molecule has 1 aliphatic rings. The molecule has 0 aliphatic heterocycles. The van der Waals surface area contributed by atoms with Gasteiger partial charge in [0.05, 0.1) is 0 Å². The van der Waals surface area contributed by atoms with E-state index >= 15 is 0 Å². The van der Waals surface area contributed by atoms with E-state index in [4.69, 9.17) is 0 Å². The van der Waals surface area contributed by atoms with Crippen molar-refractivity contribution in [3.63, 3.8) is 0 Å². The second kappa shape index (κ2) is 14.8. The first-order valence-electron chi connectivity index (χ1n) is 8.21. The van der Waals surface area contributed by atoms with Crippen molar-refractivity contribution in [1.82, 2.24) is 0 Å². The highest BCUT2D eigenvalue weighted by molar-refractivity contribution is 5.49. The Labute approximate surface area is 133 Å². The van der Waals surface area contributed by atoms with Crippen LogP contribution in [0.2, 0.25) is 0 Å². The quantitative estimate of drug-likeness (QED) is 0.507. The monoisotopic (exact) mass is 286 g/mol. The molecule has 0 aromatic heterocycles. The van der Waals surface area contributed by atoms with Crippen LogP contribution in [0.3, 0.4) is 0 Å². The van der Waals surface area contributed by atoms with Gasteiger partial charge in [0.2, 0.25) is 0 Å². The Balaban J connectivity index is 0. The predicted octanol–water partition coefficient (Wildman–Crippen LogP) is 7.34. The molecular formula is C21H34. The van der Waals surface area contributed by atoms with Crippen LogP contribution in [0.5, 0.6) is 0 Å². The topological polar surface area (TPSA) is 0 Å². The molecule has 0 saturated heterocycles. The Kier molecular flexibility index (Phi) is 15.4. The van der Waals surface area contributed by atoms with E-state index in [1.807, 2.05) is 33.8 Å². The zero-order chi connectivity index (χ0) is 16.7. The van der Waals surface area contributed by atoms with Gasteiger partial charge in [0, 0.05) is 0 Å². The van der Waals surface area contributed by atoms with Crippen molar-refractivity contribution in [3.8, 4) is 0 Å². The maximum Gasteiger partial charge on any atom is -0.00203 e. The van der Waals surface area contributed by atoms with Crippen molar-refractivity contribution < 1.29 is 0 Å². The van der Waals surface area contributed by atoms with Gasteiger partial charge in [-0.1, -0.05) is 76.8 Å². The Morgan fingerprint density at radius 3 is 1.19 bits per heavy atom. The van der Waals surface area contributed by atoms with Crippen LogP contribution in [0.15, 0.2) is 71.4 Å². The van der Waals surface area contributed by atoms with Gasteiger partial charge in [-0.15, -0.1) is 0 Å². The fourth-order valence-electron chi connectivity index (χ4n) is 2.17. The van der Waals surface area contributed by atoms with Crippen LogP contribution >= 0.6 is 0 Å². The molecule has 0 fully saturated rings. The van der Waals surface area contributed by atoms with Gasteiger partial charge in [-0.25, -0.2) is 0 Å². The molecule has 0 aromatic carbocycles. The average molecular weight is 287 g/mol. The number of hydrogen-bond acceptors (Lipinski definition) is 0. The fourth-order valence-corrected chi connectivity index (χ4v) is 2.17. The minimum atomic E-state index is 0.993. The molecule has 0 aromatic rings. The Hall–Kier alpha value is -1.56. The summed E-state index contributed by atoms with van der Waals surface area (Å²) in [6.07, 6.45) is 17.0. The van der Waals surface area contributed by atoms with Crippen LogP contribution in [0, 0.1) is 0 Å². The zero-order valence-electron chi connectivity index (χ0n) is 15.2. The molecule has 0 amide bonds. The smallest absolute Gasteiger partial charge is 0.00203 e. The molecule has 118 valence electrons. The predicted molar refractivity (Wildman–Crippen MR) is 101 cm³/mol. The molecule has 0 atom stereocenters. The molecular weight excluding hydrogens is 252 g/mol. The van der Waals surface area contributed by atoms with Gasteiger partial charge in [0.15, 0.2) is 0 Å². The van der Waals surface area contributed by atoms with E-state index in [1.54, 1.807) is 0 Å². The fraction of sp³-hybridized carbons (Fsp3) is 0.429. The van der Waals surface area contributed by atoms with Crippen LogP contribution in [-0.4, -0.2) is 0 Å². The molecule has 0 heteroatoms. The lowest BCUT2D eigenvalue weighted by Crippen LogP contribution is -2.01. The highest BCUT2D eigenvalue weighted by Gasteiger charge is 2.14. The Bertz CT molecular complexity index is 423. The van der Waals surface area contributed by atoms with Gasteiger partial charge in [0.25, 0.3) is 0 Å². The molecule has 0 N–H and O–H groups in total. The Morgan fingerprint density at radius 2 is 0.905 bits per heavy atom. The summed E-state index contributed by atoms with van der Waals surface area (Å²) in [4.78, 5) is 0. The zero-order valence-corrected chi connectivity index (χ0v) is 15.2. The summed E-state index contributed by atoms with van der Waals surface area (Å²) in [6.45, 7) is 18.1. The van der Waals surface area contributed by atoms with E-state index in [0.29, 0.717) is 0 Å². The highest BCUT2D eigenvalue weighted by Crippen LogP contribution is 2.32. The van der Waals surface area contributed by atoms with Gasteiger partial charge in [-0.2, -0.15) is 0 Å². The third-order valence-electron chi connectivity index (χ3n) is 2.94. The number of allylic oxidation sites excluding steroid dienone is 11. The summed E-state index contributed by atoms with van der Waals surface area (Å²) in [5.41, 5.74) is 5.58. The van der Waals surface area contributed by atoms with Crippen molar-refractivity contribution in [3.05, 3.63) is 71.4 Å². The summed E-state index contributed by atoms with van der Waals surface area (Å²) in [5.74, 6) is 0. The standard InChI is InChI=1S/C17H22.2C2H6/c1-5-9-15-13-17(11-7-3)16(10-6-2)12-14(15)8-4;2*1-2/h5-11H,4,12-13H2,1-3H3;2*1-2H3/b9-5-,10-6-,11-7-;;. The van der Waals surface area contributed by atoms with E-state index in [-0.39, 0.29) is 0 Å². The molecule has 21 heavy (non-hydrogen) atoms. The van der Waals surface area contributed by atoms with Crippen LogP contribution in [0.4, 0.5) is 0 Å². The molecule has 0 unspecified atom stereocenters. The summed E-state index contributed by atoms with van der Waals surface area (Å²) in [5, 5.41) is 0. The van der Waals surface area contributed by atoms with Gasteiger partial charge >= 0.3 is 0 Å². The summed E-state index contributed by atoms with van der Waals surface area (Å²) < 4.78 is 0. The van der Waals surface area contributed by atoms with E-state index in [1.165, 1.54) is 22.3 Å². The van der Waals surface area contributed by atoms with E-state index < -0.39 is 0 Å². The summed E-state index contributed by atoms with van der Waals surface area (Å²) in [7, 11) is 0. The highest BCUT2D eigenvalue weighted by atomic mass is 14.2. The van der Waals surface area contributed by atoms with Crippen LogP contribution in [0.1, 0.15) is 61.3 Å². The third kappa shape index (κ3) is 7.70. The first-order valence-corrected chi connectivity index (χ1v) is 8.21. The second-order valence-electron chi connectivity index (χ2n) is 4.16. The Morgan fingerprint density at radius 1 is 0.619 bits per heavy atom. The van der Waals surface area contributed by atoms with Gasteiger partial charge < -0.3 is 0 Å². The molecule has 0 nitrogen and oxygen atoms in total. The maximum atomic E-state index is 3.93. The van der Waals surface area contributed by atoms with Crippen molar-refractivity contribution >= 4 is 0 Å². The van der Waals surface area contributed by atoms with Crippen LogP contribution in [0.25, 0.3) is 0 Å². The molecule has 0 saturated carbocycles. The van der Waals surface area contributed by atoms with E-state index in [2.05, 4.69) is 63.8 Å². The lowest BCUT2D eigenvalue weighted by atomic mass is 9.85. The van der Waals surface area contributed by atoms with Gasteiger partial charge in [0.1, 0.15) is 0 Å². The molecule has 1 aliphatic carbocycles. The number of rotatable bonds is 4. The van der Waals surface area contributed by atoms with Gasteiger partial charge in [-0.05, 0) is 55.9 Å². The summed E-state index contributed by atoms with van der Waals surface area (Å²) >= 11 is 0. The first kappa shape index (κ1) is 21.7. The normalized spacial score (nSPS) is 15.2. The molecule has 0 heterocycles. The van der Waals surface area contributed by atoms with Crippen molar-refractivity contribution in [2.45, 2.75) is 61.3 Å². The van der Waals surface area contributed by atoms with Gasteiger partial charge in [-0.3, -0.25) is 0 Å². The third-order valence-corrected chi connectivity index (χ3v) is 2.94. The minimum Gasteiger partial charge on any atom is -0.0988 e. The van der Waals surface area contributed by atoms with Crippen molar-refractivity contribution in [2.24, 2.45) is 0 Å². The lowest BCUT2D eigenvalue weighted by molar-refractivity contribution is 1.02. The molecule has 0 radical (unpaired) electrons. The van der Waals surface area contributed by atoms with Crippen molar-refractivity contribution in [1.29, 1.82) is 0 Å². The van der Waals surface area contributed by atoms with E-state index in [9.17, 15) is 0 Å². The summed E-state index contributed by atoms with van der Waals surface area (Å²) in [6, 6.07) is 0. The SMILES string of the molecule is C=CC1=C(/C=C\C)CC(/C=C\C)=C(/C=C\C)C1.CC.CC. The average Bonchev–Trinajstić information content (AvgIpc) is 2.54. The van der Waals surface area contributed by atoms with Crippen LogP contribution < -0.4 is 0 Å². The largest absolute Gasteiger partial charge is 0.0988 e. The van der Waals surface area contributed by atoms with Crippen LogP contribution in [-0.2, 0) is 0 Å². The lowest BCUT2D eigenvalue weighted by Gasteiger charge is -2.20.